The molecule has 1 amide bonds. The van der Waals surface area contributed by atoms with E-state index >= 15 is 0 Å². The number of carbonyl (C=O) groups excluding carboxylic acids is 1. The molecule has 0 unspecified atom stereocenters. The summed E-state index contributed by atoms with van der Waals surface area (Å²) >= 11 is 0. The van der Waals surface area contributed by atoms with Crippen LogP contribution in [0.4, 0.5) is 0 Å². The third-order valence-electron chi connectivity index (χ3n) is 6.61. The Hall–Kier alpha value is -1.92. The van der Waals surface area contributed by atoms with E-state index in [9.17, 15) is 19.1 Å². The Bertz CT molecular complexity index is 968. The van der Waals surface area contributed by atoms with Crippen molar-refractivity contribution in [2.75, 3.05) is 6.61 Å². The van der Waals surface area contributed by atoms with Crippen molar-refractivity contribution in [3.05, 3.63) is 48.2 Å². The van der Waals surface area contributed by atoms with Crippen molar-refractivity contribution < 1.29 is 23.7 Å². The van der Waals surface area contributed by atoms with Gasteiger partial charge in [-0.2, -0.15) is 0 Å². The lowest BCUT2D eigenvalue weighted by atomic mass is 10.0. The topological polar surface area (TPSA) is 117 Å². The molecule has 0 aliphatic heterocycles. The van der Waals surface area contributed by atoms with E-state index in [2.05, 4.69) is 33.9 Å². The van der Waals surface area contributed by atoms with Crippen molar-refractivity contribution in [3.63, 3.8) is 0 Å². The van der Waals surface area contributed by atoms with E-state index in [0.717, 1.165) is 48.6 Å². The van der Waals surface area contributed by atoms with Gasteiger partial charge in [0.15, 0.2) is 0 Å². The summed E-state index contributed by atoms with van der Waals surface area (Å²) in [6.07, 6.45) is 22.7. The summed E-state index contributed by atoms with van der Waals surface area (Å²) in [6, 6.07) is 7.13. The average Bonchev–Trinajstić information content (AvgIpc) is 3.27. The Labute approximate surface area is 222 Å². The first-order valence-electron chi connectivity index (χ1n) is 14.0. The lowest BCUT2D eigenvalue weighted by molar-refractivity contribution is -0.342. The number of phosphoric ester groups is 1. The number of benzene rings is 1. The number of hydrogen-bond donors (Lipinski definition) is 2. The molecule has 1 atom stereocenters. The number of aromatic nitrogens is 1. The van der Waals surface area contributed by atoms with E-state index in [1.54, 1.807) is 0 Å². The summed E-state index contributed by atoms with van der Waals surface area (Å²) in [6.45, 7) is 1.87. The summed E-state index contributed by atoms with van der Waals surface area (Å²) in [7, 11) is -5.12. The third kappa shape index (κ3) is 14.6. The molecule has 0 radical (unpaired) electrons. The van der Waals surface area contributed by atoms with Crippen molar-refractivity contribution in [1.29, 1.82) is 0 Å². The number of amides is 1. The largest absolute Gasteiger partial charge is 0.790 e. The quantitative estimate of drug-likeness (QED) is 0.115. The molecule has 1 aromatic heterocycles. The van der Waals surface area contributed by atoms with Gasteiger partial charge in [0.1, 0.15) is 0 Å². The average molecular weight is 533 g/mol. The molecule has 0 bridgehead atoms. The van der Waals surface area contributed by atoms with Crippen LogP contribution in [0.5, 0.6) is 0 Å². The van der Waals surface area contributed by atoms with Gasteiger partial charge in [-0.15, -0.1) is 0 Å². The van der Waals surface area contributed by atoms with Gasteiger partial charge in [-0.1, -0.05) is 88.6 Å². The van der Waals surface area contributed by atoms with E-state index in [4.69, 9.17) is 0 Å². The molecule has 37 heavy (non-hydrogen) atoms. The maximum Gasteiger partial charge on any atom is 0.220 e. The van der Waals surface area contributed by atoms with E-state index in [-0.39, 0.29) is 12.5 Å². The van der Waals surface area contributed by atoms with Gasteiger partial charge < -0.3 is 29.2 Å². The molecule has 8 heteroatoms. The highest BCUT2D eigenvalue weighted by atomic mass is 31.2. The maximum atomic E-state index is 12.5. The highest BCUT2D eigenvalue weighted by Crippen LogP contribution is 2.26. The van der Waals surface area contributed by atoms with Crippen LogP contribution in [0, 0.1) is 0 Å². The summed E-state index contributed by atoms with van der Waals surface area (Å²) in [5, 5.41) is 3.85. The van der Waals surface area contributed by atoms with Crippen LogP contribution in [0.2, 0.25) is 0 Å². The van der Waals surface area contributed by atoms with Crippen LogP contribution in [-0.2, 0) is 20.3 Å². The zero-order valence-corrected chi connectivity index (χ0v) is 23.3. The van der Waals surface area contributed by atoms with Crippen molar-refractivity contribution >= 4 is 24.6 Å². The number of allylic oxidation sites excluding steroid dienone is 2. The molecular formula is C29H45N2O5P-2. The van der Waals surface area contributed by atoms with Crippen LogP contribution in [0.3, 0.4) is 0 Å². The molecule has 0 aliphatic carbocycles. The molecule has 0 aliphatic rings. The SMILES string of the molecule is CCCCCCCC/C=C\CCCCCCCC(=O)N[C@@H](COP(=O)([O-])[O-])Cc1c[nH]c2ccccc12. The second-order valence-corrected chi connectivity index (χ2v) is 11.1. The summed E-state index contributed by atoms with van der Waals surface area (Å²) in [5.41, 5.74) is 1.88. The zero-order chi connectivity index (χ0) is 26.8. The van der Waals surface area contributed by atoms with Crippen molar-refractivity contribution in [2.45, 2.75) is 109 Å². The smallest absolute Gasteiger partial charge is 0.220 e. The fraction of sp³-hybridized carbons (Fsp3) is 0.621. The molecule has 2 N–H and O–H groups in total. The normalized spacial score (nSPS) is 12.9. The van der Waals surface area contributed by atoms with Crippen LogP contribution in [0.1, 0.15) is 102 Å². The van der Waals surface area contributed by atoms with Gasteiger partial charge in [-0.05, 0) is 50.2 Å². The molecule has 0 saturated heterocycles. The second-order valence-electron chi connectivity index (χ2n) is 9.91. The predicted octanol–water partition coefficient (Wildman–Crippen LogP) is 6.08. The van der Waals surface area contributed by atoms with Crippen molar-refractivity contribution in [2.24, 2.45) is 0 Å². The molecule has 0 saturated carbocycles. The Morgan fingerprint density at radius 1 is 0.973 bits per heavy atom. The second kappa shape index (κ2) is 18.4. The van der Waals surface area contributed by atoms with Gasteiger partial charge in [0.05, 0.1) is 20.5 Å². The lowest BCUT2D eigenvalue weighted by Crippen LogP contribution is -2.40. The molecule has 1 heterocycles. The number of phosphoric acid groups is 1. The highest BCUT2D eigenvalue weighted by molar-refractivity contribution is 7.43. The minimum atomic E-state index is -5.12. The Morgan fingerprint density at radius 3 is 2.27 bits per heavy atom. The zero-order valence-electron chi connectivity index (χ0n) is 22.4. The van der Waals surface area contributed by atoms with Gasteiger partial charge in [-0.25, -0.2) is 0 Å². The summed E-state index contributed by atoms with van der Waals surface area (Å²) < 4.78 is 15.5. The molecule has 2 rings (SSSR count). The predicted molar refractivity (Wildman–Crippen MR) is 147 cm³/mol. The number of para-hydroxylation sites is 1. The van der Waals surface area contributed by atoms with Gasteiger partial charge in [-0.3, -0.25) is 4.79 Å². The fourth-order valence-electron chi connectivity index (χ4n) is 4.55. The number of aromatic amines is 1. The molecule has 0 fully saturated rings. The first-order valence-corrected chi connectivity index (χ1v) is 15.5. The number of unbranched alkanes of at least 4 members (excludes halogenated alkanes) is 11. The molecular weight excluding hydrogens is 487 g/mol. The van der Waals surface area contributed by atoms with Crippen LogP contribution in [0.15, 0.2) is 42.6 Å². The number of fused-ring (bicyclic) bond motifs is 1. The summed E-state index contributed by atoms with van der Waals surface area (Å²) in [5.74, 6) is -0.155. The van der Waals surface area contributed by atoms with Crippen molar-refractivity contribution in [1.82, 2.24) is 10.3 Å². The number of nitrogens with one attached hydrogen (secondary N) is 2. The van der Waals surface area contributed by atoms with Crippen LogP contribution in [0.25, 0.3) is 10.9 Å². The van der Waals surface area contributed by atoms with E-state index in [1.165, 1.54) is 51.4 Å². The van der Waals surface area contributed by atoms with Crippen LogP contribution in [-0.4, -0.2) is 23.5 Å². The molecule has 2 aromatic rings. The first kappa shape index (κ1) is 31.3. The van der Waals surface area contributed by atoms with Gasteiger partial charge in [0.2, 0.25) is 5.91 Å². The van der Waals surface area contributed by atoms with Gasteiger partial charge >= 0.3 is 0 Å². The van der Waals surface area contributed by atoms with E-state index in [1.807, 2.05) is 30.5 Å². The van der Waals surface area contributed by atoms with Crippen molar-refractivity contribution in [3.8, 4) is 0 Å². The summed E-state index contributed by atoms with van der Waals surface area (Å²) in [4.78, 5) is 37.6. The molecule has 7 nitrogen and oxygen atoms in total. The maximum absolute atomic E-state index is 12.5. The highest BCUT2D eigenvalue weighted by Gasteiger charge is 2.16. The van der Waals surface area contributed by atoms with Crippen LogP contribution >= 0.6 is 7.82 Å². The van der Waals surface area contributed by atoms with Gasteiger partial charge in [0.25, 0.3) is 0 Å². The van der Waals surface area contributed by atoms with E-state index < -0.39 is 13.9 Å². The number of carbonyl (C=O) groups is 1. The number of rotatable bonds is 21. The van der Waals surface area contributed by atoms with Gasteiger partial charge in [0, 0.05) is 23.5 Å². The fourth-order valence-corrected chi connectivity index (χ4v) is 4.92. The molecule has 208 valence electrons. The molecule has 0 spiro atoms. The monoisotopic (exact) mass is 532 g/mol. The Morgan fingerprint density at radius 2 is 1.59 bits per heavy atom. The molecule has 1 aromatic carbocycles. The third-order valence-corrected chi connectivity index (χ3v) is 7.07. The Kier molecular flexibility index (Phi) is 15.5. The minimum Gasteiger partial charge on any atom is -0.790 e. The standard InChI is InChI=1S/C29H47N2O5P/c1-2-3-4-5-6-7-8-9-10-11-12-13-14-15-16-21-29(32)31-26(24-36-37(33,34)35)22-25-23-30-28-20-18-17-19-27(25)28/h9-10,17-20,23,26,30H,2-8,11-16,21-22,24H2,1H3,(H,31,32)(H2,33,34,35)/p-2/b10-9-/t26-/m1/s1. The van der Waals surface area contributed by atoms with Crippen LogP contribution < -0.4 is 15.1 Å². The number of hydrogen-bond acceptors (Lipinski definition) is 5. The minimum absolute atomic E-state index is 0.155. The first-order chi connectivity index (χ1) is 17.9. The lowest BCUT2D eigenvalue weighted by Gasteiger charge is -2.31. The number of H-pyrrole nitrogens is 1. The van der Waals surface area contributed by atoms with E-state index in [0.29, 0.717) is 12.8 Å². The Balaban J connectivity index is 1.60.